The minimum Gasteiger partial charge on any atom is -0.493 e. The molecule has 0 aliphatic carbocycles. The molecule has 1 amide bonds. The number of nitrogens with zero attached hydrogens (tertiary/aromatic N) is 1. The van der Waals surface area contributed by atoms with Crippen molar-refractivity contribution in [3.63, 3.8) is 0 Å². The number of ether oxygens (including phenoxy) is 2. The standard InChI is InChI=1S/C19H17FN2O3/c1-24-16-8-7-12(9-17(16)25-2)10-18-21-15(19(23)22-18)11-13-5-3-4-6-14(13)20/h3-9,11H,10H2,1-2H3,(H,21,22,23)/b15-11-. The molecule has 1 aliphatic rings. The van der Waals surface area contributed by atoms with Crippen LogP contribution in [-0.2, 0) is 11.2 Å². The van der Waals surface area contributed by atoms with Gasteiger partial charge in [-0.05, 0) is 29.8 Å². The van der Waals surface area contributed by atoms with E-state index in [1.165, 1.54) is 12.1 Å². The van der Waals surface area contributed by atoms with E-state index in [2.05, 4.69) is 10.3 Å². The molecule has 128 valence electrons. The number of nitrogens with one attached hydrogen (secondary N) is 1. The predicted octanol–water partition coefficient (Wildman–Crippen LogP) is 2.95. The number of aliphatic imine (C=N–C) groups is 1. The van der Waals surface area contributed by atoms with Crippen LogP contribution in [-0.4, -0.2) is 26.0 Å². The first kappa shape index (κ1) is 16.7. The first-order valence-corrected chi connectivity index (χ1v) is 7.66. The molecule has 0 saturated carbocycles. The van der Waals surface area contributed by atoms with Crippen molar-refractivity contribution in [3.05, 3.63) is 65.1 Å². The highest BCUT2D eigenvalue weighted by Crippen LogP contribution is 2.28. The highest BCUT2D eigenvalue weighted by atomic mass is 19.1. The minimum atomic E-state index is -0.397. The Morgan fingerprint density at radius 2 is 1.88 bits per heavy atom. The molecule has 0 radical (unpaired) electrons. The first-order chi connectivity index (χ1) is 12.1. The summed E-state index contributed by atoms with van der Waals surface area (Å²) in [6, 6.07) is 11.7. The molecule has 0 bridgehead atoms. The third-order valence-electron chi connectivity index (χ3n) is 3.76. The van der Waals surface area contributed by atoms with Crippen LogP contribution >= 0.6 is 0 Å². The van der Waals surface area contributed by atoms with E-state index in [-0.39, 0.29) is 11.6 Å². The quantitative estimate of drug-likeness (QED) is 0.852. The Hall–Kier alpha value is -3.15. The Morgan fingerprint density at radius 1 is 1.12 bits per heavy atom. The van der Waals surface area contributed by atoms with E-state index in [9.17, 15) is 9.18 Å². The molecule has 5 nitrogen and oxygen atoms in total. The van der Waals surface area contributed by atoms with Gasteiger partial charge >= 0.3 is 0 Å². The summed E-state index contributed by atoms with van der Waals surface area (Å²) < 4.78 is 24.2. The molecule has 0 atom stereocenters. The Labute approximate surface area is 144 Å². The van der Waals surface area contributed by atoms with Crippen LogP contribution in [0.4, 0.5) is 4.39 Å². The van der Waals surface area contributed by atoms with E-state index in [1.807, 2.05) is 12.1 Å². The molecule has 0 aromatic heterocycles. The topological polar surface area (TPSA) is 59.9 Å². The van der Waals surface area contributed by atoms with Gasteiger partial charge < -0.3 is 14.8 Å². The third-order valence-corrected chi connectivity index (χ3v) is 3.76. The summed E-state index contributed by atoms with van der Waals surface area (Å²) in [4.78, 5) is 16.3. The largest absolute Gasteiger partial charge is 0.493 e. The van der Waals surface area contributed by atoms with Gasteiger partial charge in [-0.2, -0.15) is 0 Å². The second-order valence-corrected chi connectivity index (χ2v) is 5.43. The average molecular weight is 340 g/mol. The normalized spacial score (nSPS) is 15.1. The molecule has 25 heavy (non-hydrogen) atoms. The number of halogens is 1. The van der Waals surface area contributed by atoms with Gasteiger partial charge in [-0.1, -0.05) is 24.3 Å². The van der Waals surface area contributed by atoms with Crippen molar-refractivity contribution in [2.45, 2.75) is 6.42 Å². The van der Waals surface area contributed by atoms with Gasteiger partial charge in [0, 0.05) is 12.0 Å². The fraction of sp³-hybridized carbons (Fsp3) is 0.158. The highest BCUT2D eigenvalue weighted by molar-refractivity contribution is 6.14. The van der Waals surface area contributed by atoms with Crippen molar-refractivity contribution in [2.24, 2.45) is 4.99 Å². The molecule has 2 aromatic carbocycles. The summed E-state index contributed by atoms with van der Waals surface area (Å²) in [5.41, 5.74) is 1.41. The zero-order valence-corrected chi connectivity index (χ0v) is 13.9. The molecule has 0 fully saturated rings. The van der Waals surface area contributed by atoms with Crippen molar-refractivity contribution >= 4 is 17.8 Å². The summed E-state index contributed by atoms with van der Waals surface area (Å²) in [6.45, 7) is 0. The summed E-state index contributed by atoms with van der Waals surface area (Å²) in [7, 11) is 3.13. The average Bonchev–Trinajstić information content (AvgIpc) is 2.96. The number of carbonyl (C=O) groups excluding carboxylic acids is 1. The van der Waals surface area contributed by atoms with Crippen molar-refractivity contribution < 1.29 is 18.7 Å². The Balaban J connectivity index is 1.83. The predicted molar refractivity (Wildman–Crippen MR) is 93.2 cm³/mol. The number of benzene rings is 2. The van der Waals surface area contributed by atoms with Gasteiger partial charge in [0.2, 0.25) is 0 Å². The van der Waals surface area contributed by atoms with Crippen molar-refractivity contribution in [1.82, 2.24) is 5.32 Å². The van der Waals surface area contributed by atoms with E-state index >= 15 is 0 Å². The van der Waals surface area contributed by atoms with E-state index in [0.29, 0.717) is 29.3 Å². The van der Waals surface area contributed by atoms with E-state index in [4.69, 9.17) is 9.47 Å². The summed E-state index contributed by atoms with van der Waals surface area (Å²) in [5.74, 6) is 0.987. The number of methoxy groups -OCH3 is 2. The fourth-order valence-electron chi connectivity index (χ4n) is 2.52. The van der Waals surface area contributed by atoms with Crippen LogP contribution in [0.15, 0.2) is 53.2 Å². The molecular formula is C19H17FN2O3. The Bertz CT molecular complexity index is 875. The lowest BCUT2D eigenvalue weighted by atomic mass is 10.1. The smallest absolute Gasteiger partial charge is 0.275 e. The second-order valence-electron chi connectivity index (χ2n) is 5.43. The zero-order valence-electron chi connectivity index (χ0n) is 13.9. The SMILES string of the molecule is COc1ccc(CC2=N/C(=C\c3ccccc3F)C(=O)N2)cc1OC. The summed E-state index contributed by atoms with van der Waals surface area (Å²) in [5, 5.41) is 2.71. The summed E-state index contributed by atoms with van der Waals surface area (Å²) >= 11 is 0. The Kier molecular flexibility index (Phi) is 4.79. The second kappa shape index (κ2) is 7.17. The highest BCUT2D eigenvalue weighted by Gasteiger charge is 2.21. The van der Waals surface area contributed by atoms with Gasteiger partial charge in [0.1, 0.15) is 17.3 Å². The van der Waals surface area contributed by atoms with E-state index < -0.39 is 5.82 Å². The van der Waals surface area contributed by atoms with Gasteiger partial charge in [-0.15, -0.1) is 0 Å². The maximum Gasteiger partial charge on any atom is 0.275 e. The molecule has 1 heterocycles. The third kappa shape index (κ3) is 3.68. The van der Waals surface area contributed by atoms with Gasteiger partial charge in [0.25, 0.3) is 5.91 Å². The van der Waals surface area contributed by atoms with Crippen molar-refractivity contribution in [3.8, 4) is 11.5 Å². The van der Waals surface area contributed by atoms with Crippen LogP contribution in [0.3, 0.4) is 0 Å². The van der Waals surface area contributed by atoms with E-state index in [0.717, 1.165) is 5.56 Å². The number of carbonyl (C=O) groups is 1. The van der Waals surface area contributed by atoms with Crippen LogP contribution in [0.2, 0.25) is 0 Å². The van der Waals surface area contributed by atoms with Crippen LogP contribution in [0.25, 0.3) is 6.08 Å². The number of amides is 1. The Morgan fingerprint density at radius 3 is 2.60 bits per heavy atom. The molecule has 0 saturated heterocycles. The van der Waals surface area contributed by atoms with Gasteiger partial charge in [-0.25, -0.2) is 9.38 Å². The number of rotatable bonds is 5. The fourth-order valence-corrected chi connectivity index (χ4v) is 2.52. The van der Waals surface area contributed by atoms with Gasteiger partial charge in [-0.3, -0.25) is 4.79 Å². The lowest BCUT2D eigenvalue weighted by molar-refractivity contribution is -0.115. The maximum absolute atomic E-state index is 13.7. The number of amidine groups is 1. The van der Waals surface area contributed by atoms with Crippen LogP contribution < -0.4 is 14.8 Å². The molecule has 1 aliphatic heterocycles. The molecule has 3 rings (SSSR count). The van der Waals surface area contributed by atoms with Gasteiger partial charge in [0.05, 0.1) is 14.2 Å². The number of hydrogen-bond donors (Lipinski definition) is 1. The first-order valence-electron chi connectivity index (χ1n) is 7.66. The minimum absolute atomic E-state index is 0.181. The lowest BCUT2D eigenvalue weighted by Gasteiger charge is -2.09. The summed E-state index contributed by atoms with van der Waals surface area (Å²) in [6.07, 6.45) is 1.85. The number of hydrogen-bond acceptors (Lipinski definition) is 4. The molecular weight excluding hydrogens is 323 g/mol. The van der Waals surface area contributed by atoms with Gasteiger partial charge in [0.15, 0.2) is 11.5 Å². The van der Waals surface area contributed by atoms with Crippen LogP contribution in [0, 0.1) is 5.82 Å². The molecule has 2 aromatic rings. The molecule has 0 unspecified atom stereocenters. The van der Waals surface area contributed by atoms with Crippen molar-refractivity contribution in [1.29, 1.82) is 0 Å². The molecule has 6 heteroatoms. The molecule has 1 N–H and O–H groups in total. The van der Waals surface area contributed by atoms with Crippen LogP contribution in [0.1, 0.15) is 11.1 Å². The van der Waals surface area contributed by atoms with Crippen molar-refractivity contribution in [2.75, 3.05) is 14.2 Å². The van der Waals surface area contributed by atoms with Crippen LogP contribution in [0.5, 0.6) is 11.5 Å². The monoisotopic (exact) mass is 340 g/mol. The zero-order chi connectivity index (χ0) is 17.8. The maximum atomic E-state index is 13.7. The van der Waals surface area contributed by atoms with E-state index in [1.54, 1.807) is 38.5 Å². The molecule has 0 spiro atoms. The lowest BCUT2D eigenvalue weighted by Crippen LogP contribution is -2.25.